The molecule has 2 aliphatic rings. The number of para-hydroxylation sites is 1. The SMILES string of the molecule is Cn1c(=O)n(C)c2c(C3c4nc[nH]c4CCN3C3=NCC(CBr)S3)cccc21. The molecule has 28 heavy (non-hydrogen) atoms. The number of amidine groups is 1. The summed E-state index contributed by atoms with van der Waals surface area (Å²) in [7, 11) is 3.67. The van der Waals surface area contributed by atoms with E-state index >= 15 is 0 Å². The molecule has 0 fully saturated rings. The lowest BCUT2D eigenvalue weighted by atomic mass is 9.95. The average molecular weight is 461 g/mol. The maximum absolute atomic E-state index is 12.6. The molecule has 1 aromatic carbocycles. The Morgan fingerprint density at radius 3 is 2.96 bits per heavy atom. The fourth-order valence-electron chi connectivity index (χ4n) is 4.27. The Hall–Kier alpha value is -2.00. The van der Waals surface area contributed by atoms with Crippen LogP contribution in [0.5, 0.6) is 0 Å². The Kier molecular flexibility index (Phi) is 4.39. The highest BCUT2D eigenvalue weighted by Gasteiger charge is 2.37. The highest BCUT2D eigenvalue weighted by Crippen LogP contribution is 2.40. The van der Waals surface area contributed by atoms with Gasteiger partial charge >= 0.3 is 5.69 Å². The van der Waals surface area contributed by atoms with Crippen molar-refractivity contribution in [3.8, 4) is 0 Å². The Morgan fingerprint density at radius 2 is 2.18 bits per heavy atom. The summed E-state index contributed by atoms with van der Waals surface area (Å²) in [5.41, 5.74) is 5.17. The minimum Gasteiger partial charge on any atom is -0.348 e. The number of nitrogens with one attached hydrogen (secondary N) is 1. The van der Waals surface area contributed by atoms with E-state index in [0.717, 1.165) is 52.3 Å². The van der Waals surface area contributed by atoms with Crippen LogP contribution in [0.2, 0.25) is 0 Å². The van der Waals surface area contributed by atoms with Crippen molar-refractivity contribution in [1.82, 2.24) is 24.0 Å². The van der Waals surface area contributed by atoms with Gasteiger partial charge in [-0.2, -0.15) is 0 Å². The van der Waals surface area contributed by atoms with Gasteiger partial charge in [-0.25, -0.2) is 9.78 Å². The van der Waals surface area contributed by atoms with Crippen LogP contribution in [0, 0.1) is 0 Å². The molecule has 1 N–H and O–H groups in total. The Bertz CT molecular complexity index is 1150. The molecule has 0 aliphatic carbocycles. The number of fused-ring (bicyclic) bond motifs is 2. The molecule has 0 bridgehead atoms. The molecule has 0 saturated heterocycles. The van der Waals surface area contributed by atoms with Crippen molar-refractivity contribution < 1.29 is 0 Å². The number of halogens is 1. The van der Waals surface area contributed by atoms with Gasteiger partial charge in [0.25, 0.3) is 0 Å². The molecule has 2 aromatic heterocycles. The third-order valence-corrected chi connectivity index (χ3v) is 8.09. The molecule has 4 heterocycles. The number of aliphatic imine (C=N–C) groups is 1. The van der Waals surface area contributed by atoms with Gasteiger partial charge in [-0.15, -0.1) is 0 Å². The number of imidazole rings is 2. The highest BCUT2D eigenvalue weighted by atomic mass is 79.9. The lowest BCUT2D eigenvalue weighted by Gasteiger charge is -2.36. The van der Waals surface area contributed by atoms with Crippen molar-refractivity contribution in [3.63, 3.8) is 0 Å². The van der Waals surface area contributed by atoms with E-state index in [1.54, 1.807) is 15.5 Å². The summed E-state index contributed by atoms with van der Waals surface area (Å²) in [5, 5.41) is 2.47. The second kappa shape index (κ2) is 6.81. The number of hydrogen-bond acceptors (Lipinski definition) is 5. The molecule has 0 radical (unpaired) electrons. The van der Waals surface area contributed by atoms with Crippen LogP contribution in [-0.2, 0) is 20.5 Å². The van der Waals surface area contributed by atoms with E-state index in [1.165, 1.54) is 5.69 Å². The van der Waals surface area contributed by atoms with E-state index in [9.17, 15) is 4.79 Å². The zero-order valence-electron chi connectivity index (χ0n) is 15.7. The van der Waals surface area contributed by atoms with Gasteiger partial charge in [-0.05, 0) is 6.07 Å². The monoisotopic (exact) mass is 460 g/mol. The first-order chi connectivity index (χ1) is 13.6. The molecule has 7 nitrogen and oxygen atoms in total. The maximum Gasteiger partial charge on any atom is 0.328 e. The van der Waals surface area contributed by atoms with E-state index in [0.29, 0.717) is 5.25 Å². The summed E-state index contributed by atoms with van der Waals surface area (Å²) in [4.78, 5) is 27.8. The number of H-pyrrole nitrogens is 1. The molecular formula is C19H21BrN6OS. The van der Waals surface area contributed by atoms with E-state index in [2.05, 4.69) is 36.9 Å². The fraction of sp³-hybridized carbons (Fsp3) is 0.421. The molecule has 9 heteroatoms. The van der Waals surface area contributed by atoms with Gasteiger partial charge in [-0.3, -0.25) is 14.1 Å². The summed E-state index contributed by atoms with van der Waals surface area (Å²) in [5.74, 6) is 0. The third kappa shape index (κ3) is 2.59. The van der Waals surface area contributed by atoms with Crippen molar-refractivity contribution in [2.45, 2.75) is 17.7 Å². The van der Waals surface area contributed by atoms with Crippen LogP contribution >= 0.6 is 27.7 Å². The first-order valence-electron chi connectivity index (χ1n) is 9.30. The number of aromatic nitrogens is 4. The molecule has 0 saturated carbocycles. The number of nitrogens with zero attached hydrogens (tertiary/aromatic N) is 5. The smallest absolute Gasteiger partial charge is 0.328 e. The first-order valence-corrected chi connectivity index (χ1v) is 11.3. The van der Waals surface area contributed by atoms with E-state index in [-0.39, 0.29) is 11.7 Å². The van der Waals surface area contributed by atoms with Gasteiger partial charge < -0.3 is 9.88 Å². The standard InChI is InChI=1S/C19H21BrN6OS/c1-24-14-5-3-4-12(16(14)25(2)19(24)27)17-15-13(22-10-23-15)6-7-26(17)18-21-9-11(8-20)28-18/h3-5,10-11,17H,6-9H2,1-2H3,(H,22,23). The van der Waals surface area contributed by atoms with E-state index in [1.807, 2.05) is 38.0 Å². The van der Waals surface area contributed by atoms with Gasteiger partial charge in [0.1, 0.15) is 6.04 Å². The van der Waals surface area contributed by atoms with Crippen molar-refractivity contribution in [3.05, 3.63) is 52.0 Å². The van der Waals surface area contributed by atoms with Crippen LogP contribution in [0.3, 0.4) is 0 Å². The van der Waals surface area contributed by atoms with Gasteiger partial charge in [0.15, 0.2) is 5.17 Å². The Labute approximate surface area is 175 Å². The molecular weight excluding hydrogens is 440 g/mol. The molecule has 2 aliphatic heterocycles. The van der Waals surface area contributed by atoms with Crippen LogP contribution in [-0.4, -0.2) is 52.8 Å². The van der Waals surface area contributed by atoms with Crippen LogP contribution < -0.4 is 5.69 Å². The van der Waals surface area contributed by atoms with Crippen molar-refractivity contribution >= 4 is 43.9 Å². The van der Waals surface area contributed by atoms with Crippen molar-refractivity contribution in [2.75, 3.05) is 18.4 Å². The summed E-state index contributed by atoms with van der Waals surface area (Å²) in [6.07, 6.45) is 2.68. The maximum atomic E-state index is 12.6. The molecule has 146 valence electrons. The minimum atomic E-state index is -0.0629. The van der Waals surface area contributed by atoms with Gasteiger partial charge in [-0.1, -0.05) is 39.8 Å². The zero-order valence-corrected chi connectivity index (χ0v) is 18.1. The average Bonchev–Trinajstić information content (AvgIpc) is 3.43. The van der Waals surface area contributed by atoms with Crippen molar-refractivity contribution in [1.29, 1.82) is 0 Å². The quantitative estimate of drug-likeness (QED) is 0.596. The lowest BCUT2D eigenvalue weighted by Crippen LogP contribution is -2.39. The zero-order chi connectivity index (χ0) is 19.4. The number of rotatable bonds is 2. The number of aromatic amines is 1. The predicted octanol–water partition coefficient (Wildman–Crippen LogP) is 2.41. The van der Waals surface area contributed by atoms with Crippen molar-refractivity contribution in [2.24, 2.45) is 19.1 Å². The second-order valence-electron chi connectivity index (χ2n) is 7.25. The second-order valence-corrected chi connectivity index (χ2v) is 9.16. The number of alkyl halides is 1. The molecule has 3 aromatic rings. The van der Waals surface area contributed by atoms with Crippen LogP contribution in [0.15, 0.2) is 34.3 Å². The topological polar surface area (TPSA) is 71.2 Å². The molecule has 5 rings (SSSR count). The largest absolute Gasteiger partial charge is 0.348 e. The Balaban J connectivity index is 1.71. The predicted molar refractivity (Wildman–Crippen MR) is 116 cm³/mol. The first kappa shape index (κ1) is 18.1. The summed E-state index contributed by atoms with van der Waals surface area (Å²) >= 11 is 5.42. The molecule has 0 amide bonds. The third-order valence-electron chi connectivity index (χ3n) is 5.66. The van der Waals surface area contributed by atoms with Gasteiger partial charge in [0, 0.05) is 48.9 Å². The van der Waals surface area contributed by atoms with Gasteiger partial charge in [0.05, 0.1) is 29.6 Å². The number of aryl methyl sites for hydroxylation is 2. The normalized spacial score (nSPS) is 22.0. The van der Waals surface area contributed by atoms with Gasteiger partial charge in [0.2, 0.25) is 0 Å². The molecule has 0 spiro atoms. The highest BCUT2D eigenvalue weighted by molar-refractivity contribution is 9.09. The van der Waals surface area contributed by atoms with Crippen LogP contribution in [0.4, 0.5) is 0 Å². The summed E-state index contributed by atoms with van der Waals surface area (Å²) in [6.45, 7) is 1.70. The van der Waals surface area contributed by atoms with E-state index in [4.69, 9.17) is 4.99 Å². The van der Waals surface area contributed by atoms with E-state index < -0.39 is 0 Å². The minimum absolute atomic E-state index is 0.0148. The molecule has 2 atom stereocenters. The van der Waals surface area contributed by atoms with Crippen LogP contribution in [0.25, 0.3) is 11.0 Å². The Morgan fingerprint density at radius 1 is 1.32 bits per heavy atom. The van der Waals surface area contributed by atoms with Crippen LogP contribution in [0.1, 0.15) is 23.0 Å². The number of hydrogen-bond donors (Lipinski definition) is 1. The number of thioether (sulfide) groups is 1. The lowest BCUT2D eigenvalue weighted by molar-refractivity contribution is 0.339. The number of benzene rings is 1. The fourth-order valence-corrected chi connectivity index (χ4v) is 5.86. The summed E-state index contributed by atoms with van der Waals surface area (Å²) in [6, 6.07) is 6.08. The molecule has 2 unspecified atom stereocenters. The summed E-state index contributed by atoms with van der Waals surface area (Å²) < 4.78 is 3.45.